The van der Waals surface area contributed by atoms with Gasteiger partial charge in [0, 0.05) is 38.7 Å². The fourth-order valence-corrected chi connectivity index (χ4v) is 9.71. The first-order chi connectivity index (χ1) is 27.8. The quantitative estimate of drug-likeness (QED) is 0.182. The third-order valence-electron chi connectivity index (χ3n) is 12.0. The van der Waals surface area contributed by atoms with Gasteiger partial charge in [-0.2, -0.15) is 0 Å². The SMILES string of the molecule is c1ccc(-c2nc(-c3ccccc3)c3c(n2)-c2ccc(-c4ccc(-n5c6ccccc6c6ccccc65)cc4)cc2C32c3ccccc3-c3ccccc32)cc1. The van der Waals surface area contributed by atoms with Crippen molar-refractivity contribution in [3.05, 3.63) is 222 Å². The smallest absolute Gasteiger partial charge is 0.160 e. The topological polar surface area (TPSA) is 30.7 Å². The molecule has 0 saturated carbocycles. The highest BCUT2D eigenvalue weighted by Gasteiger charge is 2.54. The molecule has 3 heteroatoms. The minimum Gasteiger partial charge on any atom is -0.309 e. The molecule has 0 radical (unpaired) electrons. The molecule has 3 nitrogen and oxygen atoms in total. The molecular formula is C53H33N3. The van der Waals surface area contributed by atoms with Crippen molar-refractivity contribution in [2.45, 2.75) is 5.41 Å². The number of hydrogen-bond acceptors (Lipinski definition) is 2. The van der Waals surface area contributed by atoms with Crippen molar-refractivity contribution in [3.8, 4) is 61.8 Å². The molecule has 0 N–H and O–H groups in total. The van der Waals surface area contributed by atoms with E-state index < -0.39 is 5.41 Å². The number of hydrogen-bond donors (Lipinski definition) is 0. The first kappa shape index (κ1) is 31.0. The van der Waals surface area contributed by atoms with Crippen LogP contribution in [0, 0.1) is 0 Å². The Kier molecular flexibility index (Phi) is 6.55. The summed E-state index contributed by atoms with van der Waals surface area (Å²) in [4.78, 5) is 11.0. The molecule has 2 aliphatic carbocycles. The molecule has 0 bridgehead atoms. The van der Waals surface area contributed by atoms with Crippen LogP contribution < -0.4 is 0 Å². The maximum Gasteiger partial charge on any atom is 0.160 e. The molecular weight excluding hydrogens is 679 g/mol. The van der Waals surface area contributed by atoms with Gasteiger partial charge in [0.15, 0.2) is 5.82 Å². The number of aromatic nitrogens is 3. The summed E-state index contributed by atoms with van der Waals surface area (Å²) >= 11 is 0. The van der Waals surface area contributed by atoms with Crippen LogP contribution in [0.15, 0.2) is 200 Å². The van der Waals surface area contributed by atoms with Crippen LogP contribution in [0.1, 0.15) is 22.3 Å². The Labute approximate surface area is 324 Å². The van der Waals surface area contributed by atoms with Crippen LogP contribution in [0.25, 0.3) is 83.6 Å². The van der Waals surface area contributed by atoms with Crippen LogP contribution in [-0.4, -0.2) is 14.5 Å². The van der Waals surface area contributed by atoms with Gasteiger partial charge in [-0.3, -0.25) is 0 Å². The van der Waals surface area contributed by atoms with Gasteiger partial charge in [0.05, 0.1) is 27.8 Å². The predicted octanol–water partition coefficient (Wildman–Crippen LogP) is 12.9. The second-order valence-corrected chi connectivity index (χ2v) is 14.9. The van der Waals surface area contributed by atoms with Gasteiger partial charge in [0.25, 0.3) is 0 Å². The highest BCUT2D eigenvalue weighted by molar-refractivity contribution is 6.09. The van der Waals surface area contributed by atoms with E-state index in [9.17, 15) is 0 Å². The van der Waals surface area contributed by atoms with Gasteiger partial charge >= 0.3 is 0 Å². The van der Waals surface area contributed by atoms with Gasteiger partial charge in [-0.25, -0.2) is 9.97 Å². The van der Waals surface area contributed by atoms with E-state index in [2.05, 4.69) is 199 Å². The molecule has 0 unspecified atom stereocenters. The monoisotopic (exact) mass is 711 g/mol. The highest BCUT2D eigenvalue weighted by atomic mass is 15.0. The Bertz CT molecular complexity index is 3080. The molecule has 0 aliphatic heterocycles. The maximum atomic E-state index is 5.49. The van der Waals surface area contributed by atoms with Crippen LogP contribution in [0.3, 0.4) is 0 Å². The van der Waals surface area contributed by atoms with Crippen molar-refractivity contribution in [3.63, 3.8) is 0 Å². The molecule has 2 heterocycles. The van der Waals surface area contributed by atoms with Gasteiger partial charge in [-0.05, 0) is 69.3 Å². The van der Waals surface area contributed by atoms with Gasteiger partial charge in [-0.15, -0.1) is 0 Å². The number of nitrogens with zero attached hydrogens (tertiary/aromatic N) is 3. The maximum absolute atomic E-state index is 5.49. The average molecular weight is 712 g/mol. The minimum absolute atomic E-state index is 0.614. The lowest BCUT2D eigenvalue weighted by Crippen LogP contribution is -2.27. The fourth-order valence-electron chi connectivity index (χ4n) is 9.71. The fraction of sp³-hybridized carbons (Fsp3) is 0.0189. The van der Waals surface area contributed by atoms with Crippen molar-refractivity contribution in [2.75, 3.05) is 0 Å². The molecule has 2 aliphatic rings. The summed E-state index contributed by atoms with van der Waals surface area (Å²) in [6.45, 7) is 0. The van der Waals surface area contributed by atoms with Crippen LogP contribution in [0.5, 0.6) is 0 Å². The second-order valence-electron chi connectivity index (χ2n) is 14.9. The van der Waals surface area contributed by atoms with Crippen molar-refractivity contribution in [2.24, 2.45) is 0 Å². The largest absolute Gasteiger partial charge is 0.309 e. The Balaban J connectivity index is 1.11. The first-order valence-electron chi connectivity index (χ1n) is 19.3. The molecule has 0 fully saturated rings. The van der Waals surface area contributed by atoms with Gasteiger partial charge in [0.2, 0.25) is 0 Å². The molecule has 10 aromatic rings. The van der Waals surface area contributed by atoms with Crippen molar-refractivity contribution >= 4 is 21.8 Å². The molecule has 8 aromatic carbocycles. The number of benzene rings is 8. The standard InChI is InChI=1S/C53H33N3/c1-3-15-35(16-4-1)50-49-51(55-52(54-50)36-17-5-2-6-18-36)43-32-29-37(33-46(43)53(49)44-23-11-7-19-39(44)40-20-8-12-24-45(40)53)34-27-30-38(31-28-34)56-47-25-13-9-21-41(47)42-22-10-14-26-48(42)56/h1-33H. The summed E-state index contributed by atoms with van der Waals surface area (Å²) < 4.78 is 2.38. The zero-order valence-corrected chi connectivity index (χ0v) is 30.4. The first-order valence-corrected chi connectivity index (χ1v) is 19.3. The van der Waals surface area contributed by atoms with E-state index >= 15 is 0 Å². The normalized spacial score (nSPS) is 13.1. The molecule has 2 aromatic heterocycles. The number of fused-ring (bicyclic) bond motifs is 13. The lowest BCUT2D eigenvalue weighted by Gasteiger charge is -2.31. The summed E-state index contributed by atoms with van der Waals surface area (Å²) in [5.41, 5.74) is 17.9. The van der Waals surface area contributed by atoms with Gasteiger partial charge in [0.1, 0.15) is 0 Å². The lowest BCUT2D eigenvalue weighted by atomic mass is 9.69. The van der Waals surface area contributed by atoms with Crippen molar-refractivity contribution in [1.29, 1.82) is 0 Å². The molecule has 0 atom stereocenters. The van der Waals surface area contributed by atoms with E-state index in [0.29, 0.717) is 0 Å². The van der Waals surface area contributed by atoms with E-state index in [1.807, 2.05) is 6.07 Å². The third kappa shape index (κ3) is 4.22. The van der Waals surface area contributed by atoms with E-state index in [0.717, 1.165) is 45.2 Å². The zero-order chi connectivity index (χ0) is 36.8. The second kappa shape index (κ2) is 11.8. The van der Waals surface area contributed by atoms with E-state index in [4.69, 9.17) is 9.97 Å². The van der Waals surface area contributed by atoms with Crippen molar-refractivity contribution in [1.82, 2.24) is 14.5 Å². The van der Waals surface area contributed by atoms with Crippen LogP contribution >= 0.6 is 0 Å². The summed E-state index contributed by atoms with van der Waals surface area (Å²) in [7, 11) is 0. The van der Waals surface area contributed by atoms with E-state index in [1.54, 1.807) is 0 Å². The van der Waals surface area contributed by atoms with Crippen LogP contribution in [-0.2, 0) is 5.41 Å². The average Bonchev–Trinajstić information content (AvgIpc) is 3.88. The summed E-state index contributed by atoms with van der Waals surface area (Å²) in [6.07, 6.45) is 0. The van der Waals surface area contributed by atoms with Crippen LogP contribution in [0.4, 0.5) is 0 Å². The molecule has 0 saturated heterocycles. The third-order valence-corrected chi connectivity index (χ3v) is 12.0. The van der Waals surface area contributed by atoms with Crippen molar-refractivity contribution < 1.29 is 0 Å². The van der Waals surface area contributed by atoms with Gasteiger partial charge < -0.3 is 4.57 Å². The minimum atomic E-state index is -0.614. The summed E-state index contributed by atoms with van der Waals surface area (Å²) in [5, 5.41) is 2.53. The van der Waals surface area contributed by atoms with Crippen LogP contribution in [0.2, 0.25) is 0 Å². The molecule has 12 rings (SSSR count). The van der Waals surface area contributed by atoms with E-state index in [-0.39, 0.29) is 0 Å². The Morgan fingerprint density at radius 2 is 0.875 bits per heavy atom. The highest BCUT2D eigenvalue weighted by Crippen LogP contribution is 2.64. The van der Waals surface area contributed by atoms with E-state index in [1.165, 1.54) is 60.8 Å². The summed E-state index contributed by atoms with van der Waals surface area (Å²) in [6, 6.07) is 72.4. The predicted molar refractivity (Wildman–Crippen MR) is 229 cm³/mol. The molecule has 56 heavy (non-hydrogen) atoms. The molecule has 260 valence electrons. The number of para-hydroxylation sites is 2. The Hall–Kier alpha value is -7.36. The molecule has 0 amide bonds. The number of rotatable bonds is 4. The zero-order valence-electron chi connectivity index (χ0n) is 30.4. The van der Waals surface area contributed by atoms with Gasteiger partial charge in [-0.1, -0.05) is 170 Å². The molecule has 1 spiro atoms. The lowest BCUT2D eigenvalue weighted by molar-refractivity contribution is 0.788. The Morgan fingerprint density at radius 1 is 0.357 bits per heavy atom. The summed E-state index contributed by atoms with van der Waals surface area (Å²) in [5.74, 6) is 0.732. The Morgan fingerprint density at radius 3 is 1.52 bits per heavy atom.